The van der Waals surface area contributed by atoms with E-state index in [-0.39, 0.29) is 12.5 Å². The molecule has 0 spiro atoms. The van der Waals surface area contributed by atoms with Crippen molar-refractivity contribution in [2.45, 2.75) is 26.3 Å². The van der Waals surface area contributed by atoms with Gasteiger partial charge in [-0.3, -0.25) is 10.1 Å². The smallest absolute Gasteiger partial charge is 0.321 e. The highest BCUT2D eigenvalue weighted by molar-refractivity contribution is 5.94. The van der Waals surface area contributed by atoms with Gasteiger partial charge in [0.25, 0.3) is 5.91 Å². The van der Waals surface area contributed by atoms with Crippen LogP contribution in [0, 0.1) is 5.92 Å². The summed E-state index contributed by atoms with van der Waals surface area (Å²) >= 11 is 0. The summed E-state index contributed by atoms with van der Waals surface area (Å²) in [5.74, 6) is 1.17. The lowest BCUT2D eigenvalue weighted by atomic mass is 9.99. The van der Waals surface area contributed by atoms with E-state index < -0.39 is 6.03 Å². The highest BCUT2D eigenvalue weighted by atomic mass is 16.3. The molecule has 1 aromatic rings. The second-order valence-corrected chi connectivity index (χ2v) is 5.42. The monoisotopic (exact) mass is 280 g/mol. The minimum absolute atomic E-state index is 0.230. The molecule has 0 saturated carbocycles. The van der Waals surface area contributed by atoms with Crippen LogP contribution in [0.15, 0.2) is 22.8 Å². The molecular formula is C14H22N3O3+. The highest BCUT2D eigenvalue weighted by Crippen LogP contribution is 2.06. The molecule has 3 amide bonds. The van der Waals surface area contributed by atoms with Crippen LogP contribution in [0.1, 0.15) is 25.5 Å². The molecular weight excluding hydrogens is 258 g/mol. The molecule has 2 rings (SSSR count). The van der Waals surface area contributed by atoms with Crippen LogP contribution >= 0.6 is 0 Å². The quantitative estimate of drug-likeness (QED) is 0.722. The summed E-state index contributed by atoms with van der Waals surface area (Å²) in [4.78, 5) is 24.5. The molecule has 1 fully saturated rings. The second kappa shape index (κ2) is 7.09. The van der Waals surface area contributed by atoms with Gasteiger partial charge in [0.15, 0.2) is 6.54 Å². The molecule has 0 aromatic carbocycles. The summed E-state index contributed by atoms with van der Waals surface area (Å²) in [6.07, 6.45) is 3.83. The molecule has 0 radical (unpaired) electrons. The third-order valence-electron chi connectivity index (χ3n) is 3.65. The van der Waals surface area contributed by atoms with Gasteiger partial charge in [0.2, 0.25) is 0 Å². The zero-order chi connectivity index (χ0) is 14.4. The van der Waals surface area contributed by atoms with E-state index in [0.717, 1.165) is 31.8 Å². The molecule has 1 saturated heterocycles. The number of imide groups is 1. The largest absolute Gasteiger partial charge is 0.467 e. The predicted octanol–water partition coefficient (Wildman–Crippen LogP) is -0.0798. The van der Waals surface area contributed by atoms with Gasteiger partial charge in [0.05, 0.1) is 25.9 Å². The zero-order valence-corrected chi connectivity index (χ0v) is 11.8. The van der Waals surface area contributed by atoms with Crippen molar-refractivity contribution in [3.8, 4) is 0 Å². The molecule has 2 heterocycles. The van der Waals surface area contributed by atoms with Crippen LogP contribution in [-0.2, 0) is 11.3 Å². The lowest BCUT2D eigenvalue weighted by molar-refractivity contribution is -0.898. The Morgan fingerprint density at radius 1 is 1.40 bits per heavy atom. The number of urea groups is 1. The van der Waals surface area contributed by atoms with Crippen molar-refractivity contribution in [3.63, 3.8) is 0 Å². The number of nitrogens with one attached hydrogen (secondary N) is 3. The first-order chi connectivity index (χ1) is 9.63. The first-order valence-electron chi connectivity index (χ1n) is 7.07. The van der Waals surface area contributed by atoms with Gasteiger partial charge in [-0.25, -0.2) is 4.79 Å². The Kier molecular flexibility index (Phi) is 5.17. The number of quaternary nitrogens is 1. The SMILES string of the molecule is CC1CC[NH+](CC(=O)NC(=O)NCc2ccco2)CC1. The molecule has 20 heavy (non-hydrogen) atoms. The first-order valence-corrected chi connectivity index (χ1v) is 7.07. The summed E-state index contributed by atoms with van der Waals surface area (Å²) in [7, 11) is 0. The average molecular weight is 280 g/mol. The highest BCUT2D eigenvalue weighted by Gasteiger charge is 2.21. The van der Waals surface area contributed by atoms with Crippen molar-refractivity contribution in [2.75, 3.05) is 19.6 Å². The molecule has 1 aromatic heterocycles. The van der Waals surface area contributed by atoms with Gasteiger partial charge in [-0.1, -0.05) is 6.92 Å². The maximum atomic E-state index is 11.7. The standard InChI is InChI=1S/C14H21N3O3/c1-11-4-6-17(7-5-11)10-13(18)16-14(19)15-9-12-3-2-8-20-12/h2-3,8,11H,4-7,9-10H2,1H3,(H2,15,16,18,19)/p+1. The Morgan fingerprint density at radius 2 is 2.15 bits per heavy atom. The zero-order valence-electron chi connectivity index (χ0n) is 11.8. The molecule has 1 aliphatic rings. The summed E-state index contributed by atoms with van der Waals surface area (Å²) in [5.41, 5.74) is 0. The molecule has 3 N–H and O–H groups in total. The normalized spacial score (nSPS) is 22.2. The number of carbonyl (C=O) groups is 2. The molecule has 0 unspecified atom stereocenters. The van der Waals surface area contributed by atoms with Crippen LogP contribution in [0.3, 0.4) is 0 Å². The number of hydrogen-bond acceptors (Lipinski definition) is 3. The van der Waals surface area contributed by atoms with Gasteiger partial charge < -0.3 is 14.6 Å². The third kappa shape index (κ3) is 4.70. The van der Waals surface area contributed by atoms with Crippen molar-refractivity contribution in [2.24, 2.45) is 5.92 Å². The third-order valence-corrected chi connectivity index (χ3v) is 3.65. The number of hydrogen-bond donors (Lipinski definition) is 3. The number of rotatable bonds is 4. The summed E-state index contributed by atoms with van der Waals surface area (Å²) in [6, 6.07) is 3.04. The van der Waals surface area contributed by atoms with E-state index in [2.05, 4.69) is 17.6 Å². The van der Waals surface area contributed by atoms with Gasteiger partial charge in [-0.05, 0) is 30.9 Å². The van der Waals surface area contributed by atoms with E-state index >= 15 is 0 Å². The summed E-state index contributed by atoms with van der Waals surface area (Å²) in [6.45, 7) is 4.88. The van der Waals surface area contributed by atoms with Crippen LogP contribution in [0.4, 0.5) is 4.79 Å². The van der Waals surface area contributed by atoms with Crippen LogP contribution in [0.5, 0.6) is 0 Å². The molecule has 0 aliphatic carbocycles. The fraction of sp³-hybridized carbons (Fsp3) is 0.571. The molecule has 0 bridgehead atoms. The van der Waals surface area contributed by atoms with Gasteiger partial charge in [0, 0.05) is 0 Å². The number of amides is 3. The topological polar surface area (TPSA) is 75.8 Å². The van der Waals surface area contributed by atoms with Crippen LogP contribution in [0.25, 0.3) is 0 Å². The average Bonchev–Trinajstić information content (AvgIpc) is 2.92. The maximum absolute atomic E-state index is 11.7. The molecule has 6 nitrogen and oxygen atoms in total. The summed E-state index contributed by atoms with van der Waals surface area (Å²) in [5, 5.41) is 4.94. The first kappa shape index (κ1) is 14.6. The van der Waals surface area contributed by atoms with Gasteiger partial charge in [-0.2, -0.15) is 0 Å². The maximum Gasteiger partial charge on any atom is 0.321 e. The van der Waals surface area contributed by atoms with Gasteiger partial charge >= 0.3 is 6.03 Å². The molecule has 6 heteroatoms. The Morgan fingerprint density at radius 3 is 2.80 bits per heavy atom. The van der Waals surface area contributed by atoms with Gasteiger partial charge in [-0.15, -0.1) is 0 Å². The lowest BCUT2D eigenvalue weighted by Crippen LogP contribution is -3.14. The number of likely N-dealkylation sites (tertiary alicyclic amines) is 1. The van der Waals surface area contributed by atoms with Crippen molar-refractivity contribution in [1.29, 1.82) is 0 Å². The number of piperidine rings is 1. The van der Waals surface area contributed by atoms with Crippen LogP contribution in [-0.4, -0.2) is 31.6 Å². The molecule has 0 atom stereocenters. The van der Waals surface area contributed by atoms with Gasteiger partial charge in [0.1, 0.15) is 5.76 Å². The van der Waals surface area contributed by atoms with Crippen molar-refractivity contribution < 1.29 is 18.9 Å². The summed E-state index contributed by atoms with van der Waals surface area (Å²) < 4.78 is 5.09. The second-order valence-electron chi connectivity index (χ2n) is 5.42. The number of furan rings is 1. The van der Waals surface area contributed by atoms with E-state index in [0.29, 0.717) is 12.3 Å². The molecule has 1 aliphatic heterocycles. The predicted molar refractivity (Wildman–Crippen MR) is 73.0 cm³/mol. The molecule has 110 valence electrons. The lowest BCUT2D eigenvalue weighted by Gasteiger charge is -2.26. The minimum atomic E-state index is -0.476. The number of carbonyl (C=O) groups excluding carboxylic acids is 2. The Hall–Kier alpha value is -1.82. The van der Waals surface area contributed by atoms with Crippen LogP contribution < -0.4 is 15.5 Å². The minimum Gasteiger partial charge on any atom is -0.467 e. The van der Waals surface area contributed by atoms with Crippen molar-refractivity contribution in [1.82, 2.24) is 10.6 Å². The Balaban J connectivity index is 1.64. The fourth-order valence-electron chi connectivity index (χ4n) is 2.37. The van der Waals surface area contributed by atoms with E-state index in [1.54, 1.807) is 18.4 Å². The Bertz CT molecular complexity index is 437. The van der Waals surface area contributed by atoms with E-state index in [9.17, 15) is 9.59 Å². The van der Waals surface area contributed by atoms with Crippen LogP contribution in [0.2, 0.25) is 0 Å². The Labute approximate surface area is 118 Å². The van der Waals surface area contributed by atoms with Crippen molar-refractivity contribution in [3.05, 3.63) is 24.2 Å². The van der Waals surface area contributed by atoms with Crippen molar-refractivity contribution >= 4 is 11.9 Å². The van der Waals surface area contributed by atoms with E-state index in [1.807, 2.05) is 0 Å². The fourth-order valence-corrected chi connectivity index (χ4v) is 2.37. The van der Waals surface area contributed by atoms with E-state index in [1.165, 1.54) is 4.90 Å². The van der Waals surface area contributed by atoms with E-state index in [4.69, 9.17) is 4.42 Å².